The summed E-state index contributed by atoms with van der Waals surface area (Å²) in [7, 11) is 1.83. The molecule has 7 heteroatoms. The van der Waals surface area contributed by atoms with Crippen LogP contribution in [0, 0.1) is 6.92 Å². The monoisotopic (exact) mass is 404 g/mol. The van der Waals surface area contributed by atoms with Gasteiger partial charge in [0.15, 0.2) is 5.96 Å². The van der Waals surface area contributed by atoms with Crippen LogP contribution in [0.5, 0.6) is 5.75 Å². The number of ether oxygens (including phenoxy) is 1. The summed E-state index contributed by atoms with van der Waals surface area (Å²) in [4.78, 5) is 15.6. The molecular formula is C23H28N6O. The minimum absolute atomic E-state index is 0.255. The van der Waals surface area contributed by atoms with Crippen LogP contribution in [0.2, 0.25) is 0 Å². The minimum Gasteiger partial charge on any atom is -0.490 e. The summed E-state index contributed by atoms with van der Waals surface area (Å²) in [6.07, 6.45) is 7.82. The molecule has 0 saturated carbocycles. The lowest BCUT2D eigenvalue weighted by atomic mass is 10.1. The maximum atomic E-state index is 6.09. The first-order valence-corrected chi connectivity index (χ1v) is 10.4. The van der Waals surface area contributed by atoms with Crippen molar-refractivity contribution < 1.29 is 4.74 Å². The number of para-hydroxylation sites is 1. The van der Waals surface area contributed by atoms with Crippen LogP contribution in [0.3, 0.4) is 0 Å². The zero-order valence-electron chi connectivity index (χ0n) is 17.5. The van der Waals surface area contributed by atoms with Crippen LogP contribution in [0.1, 0.15) is 24.2 Å². The molecule has 2 aromatic heterocycles. The number of piperidine rings is 1. The van der Waals surface area contributed by atoms with E-state index < -0.39 is 0 Å². The fourth-order valence-electron chi connectivity index (χ4n) is 3.67. The van der Waals surface area contributed by atoms with E-state index in [9.17, 15) is 0 Å². The van der Waals surface area contributed by atoms with Crippen molar-refractivity contribution >= 4 is 5.96 Å². The number of rotatable bonds is 5. The van der Waals surface area contributed by atoms with Gasteiger partial charge in [0.1, 0.15) is 23.5 Å². The maximum Gasteiger partial charge on any atom is 0.193 e. The molecule has 1 aliphatic heterocycles. The van der Waals surface area contributed by atoms with Crippen LogP contribution >= 0.6 is 0 Å². The van der Waals surface area contributed by atoms with Gasteiger partial charge in [0.05, 0.1) is 0 Å². The molecule has 156 valence electrons. The van der Waals surface area contributed by atoms with Gasteiger partial charge in [0.2, 0.25) is 0 Å². The molecule has 3 heterocycles. The molecule has 4 rings (SSSR count). The number of aryl methyl sites for hydroxylation is 1. The summed E-state index contributed by atoms with van der Waals surface area (Å²) >= 11 is 0. The third-order valence-electron chi connectivity index (χ3n) is 5.33. The van der Waals surface area contributed by atoms with Gasteiger partial charge in [-0.1, -0.05) is 24.3 Å². The summed E-state index contributed by atoms with van der Waals surface area (Å²) in [6.45, 7) is 4.50. The molecule has 1 fully saturated rings. The molecule has 3 aromatic rings. The lowest BCUT2D eigenvalue weighted by Gasteiger charge is -2.34. The van der Waals surface area contributed by atoms with Crippen molar-refractivity contribution in [1.82, 2.24) is 24.8 Å². The van der Waals surface area contributed by atoms with Gasteiger partial charge >= 0.3 is 0 Å². The first kappa shape index (κ1) is 19.9. The van der Waals surface area contributed by atoms with Crippen molar-refractivity contribution in [1.29, 1.82) is 0 Å². The Morgan fingerprint density at radius 1 is 1.13 bits per heavy atom. The van der Waals surface area contributed by atoms with E-state index in [4.69, 9.17) is 4.74 Å². The molecule has 1 saturated heterocycles. The van der Waals surface area contributed by atoms with E-state index in [1.165, 1.54) is 0 Å². The molecule has 0 spiro atoms. The second-order valence-corrected chi connectivity index (χ2v) is 7.39. The lowest BCUT2D eigenvalue weighted by Crippen LogP contribution is -2.47. The number of aliphatic imine (C=N–C) groups is 1. The van der Waals surface area contributed by atoms with Gasteiger partial charge in [0.25, 0.3) is 0 Å². The fraction of sp³-hybridized carbons (Fsp3) is 0.348. The van der Waals surface area contributed by atoms with Crippen LogP contribution in [-0.2, 0) is 6.54 Å². The molecule has 1 aromatic carbocycles. The standard InChI is InChI=1S/C23H28N6O/c1-18-25-12-15-29(18)22-9-8-19(16-26-22)17-27-23(24-2)28-13-10-21(11-14-28)30-20-6-4-3-5-7-20/h3-9,12,15-16,21H,10-11,13-14,17H2,1-2H3,(H,24,27). The molecular weight excluding hydrogens is 376 g/mol. The number of guanidine groups is 1. The van der Waals surface area contributed by atoms with E-state index in [-0.39, 0.29) is 6.10 Å². The Kier molecular flexibility index (Phi) is 6.27. The second kappa shape index (κ2) is 9.43. The summed E-state index contributed by atoms with van der Waals surface area (Å²) in [5, 5.41) is 3.46. The summed E-state index contributed by atoms with van der Waals surface area (Å²) in [5.41, 5.74) is 1.11. The number of aromatic nitrogens is 3. The molecule has 0 aliphatic carbocycles. The van der Waals surface area contributed by atoms with Crippen LogP contribution in [0.15, 0.2) is 66.0 Å². The number of benzene rings is 1. The highest BCUT2D eigenvalue weighted by atomic mass is 16.5. The summed E-state index contributed by atoms with van der Waals surface area (Å²) in [6, 6.07) is 14.2. The van der Waals surface area contributed by atoms with Gasteiger partial charge in [-0.3, -0.25) is 9.56 Å². The number of hydrogen-bond acceptors (Lipinski definition) is 4. The van der Waals surface area contributed by atoms with Gasteiger partial charge in [-0.15, -0.1) is 0 Å². The Balaban J connectivity index is 1.28. The Labute approximate surface area is 177 Å². The molecule has 0 radical (unpaired) electrons. The average molecular weight is 405 g/mol. The van der Waals surface area contributed by atoms with E-state index in [1.807, 2.05) is 67.3 Å². The Morgan fingerprint density at radius 2 is 1.93 bits per heavy atom. The van der Waals surface area contributed by atoms with Gasteiger partial charge in [0, 0.05) is 58.1 Å². The third-order valence-corrected chi connectivity index (χ3v) is 5.33. The van der Waals surface area contributed by atoms with Crippen molar-refractivity contribution in [2.24, 2.45) is 4.99 Å². The molecule has 7 nitrogen and oxygen atoms in total. The Bertz CT molecular complexity index is 959. The van der Waals surface area contributed by atoms with Gasteiger partial charge in [-0.05, 0) is 30.7 Å². The summed E-state index contributed by atoms with van der Waals surface area (Å²) < 4.78 is 8.06. The van der Waals surface area contributed by atoms with E-state index in [0.29, 0.717) is 6.54 Å². The Morgan fingerprint density at radius 3 is 2.57 bits per heavy atom. The Hall–Kier alpha value is -3.35. The van der Waals surface area contributed by atoms with Crippen molar-refractivity contribution in [3.8, 4) is 11.6 Å². The van der Waals surface area contributed by atoms with E-state index in [2.05, 4.69) is 31.2 Å². The zero-order valence-corrected chi connectivity index (χ0v) is 17.5. The van der Waals surface area contributed by atoms with Crippen LogP contribution < -0.4 is 10.1 Å². The number of imidazole rings is 1. The number of pyridine rings is 1. The number of hydrogen-bond donors (Lipinski definition) is 1. The van der Waals surface area contributed by atoms with E-state index >= 15 is 0 Å². The molecule has 0 amide bonds. The highest BCUT2D eigenvalue weighted by Gasteiger charge is 2.22. The van der Waals surface area contributed by atoms with Crippen molar-refractivity contribution in [3.05, 3.63) is 72.4 Å². The van der Waals surface area contributed by atoms with Gasteiger partial charge < -0.3 is 15.0 Å². The van der Waals surface area contributed by atoms with Crippen LogP contribution in [0.4, 0.5) is 0 Å². The smallest absolute Gasteiger partial charge is 0.193 e. The maximum absolute atomic E-state index is 6.09. The third kappa shape index (κ3) is 4.79. The zero-order chi connectivity index (χ0) is 20.8. The topological polar surface area (TPSA) is 67.6 Å². The normalized spacial score (nSPS) is 15.3. The first-order valence-electron chi connectivity index (χ1n) is 10.4. The highest BCUT2D eigenvalue weighted by Crippen LogP contribution is 2.18. The molecule has 1 aliphatic rings. The van der Waals surface area contributed by atoms with Crippen LogP contribution in [0.25, 0.3) is 5.82 Å². The summed E-state index contributed by atoms with van der Waals surface area (Å²) in [5.74, 6) is 3.66. The van der Waals surface area contributed by atoms with Crippen molar-refractivity contribution in [3.63, 3.8) is 0 Å². The SMILES string of the molecule is CN=C(NCc1ccc(-n2ccnc2C)nc1)N1CCC(Oc2ccccc2)CC1. The number of nitrogens with one attached hydrogen (secondary N) is 1. The first-order chi connectivity index (χ1) is 14.7. The molecule has 0 bridgehead atoms. The predicted molar refractivity (Wildman–Crippen MR) is 118 cm³/mol. The number of nitrogens with zero attached hydrogens (tertiary/aromatic N) is 5. The quantitative estimate of drug-likeness (QED) is 0.523. The van der Waals surface area contributed by atoms with E-state index in [1.54, 1.807) is 6.20 Å². The largest absolute Gasteiger partial charge is 0.490 e. The number of likely N-dealkylation sites (tertiary alicyclic amines) is 1. The molecule has 0 unspecified atom stereocenters. The van der Waals surface area contributed by atoms with E-state index in [0.717, 1.165) is 54.8 Å². The molecule has 0 atom stereocenters. The van der Waals surface area contributed by atoms with Crippen LogP contribution in [-0.4, -0.2) is 51.6 Å². The minimum atomic E-state index is 0.255. The second-order valence-electron chi connectivity index (χ2n) is 7.39. The fourth-order valence-corrected chi connectivity index (χ4v) is 3.67. The average Bonchev–Trinajstić information content (AvgIpc) is 3.22. The van der Waals surface area contributed by atoms with Crippen molar-refractivity contribution in [2.45, 2.75) is 32.4 Å². The van der Waals surface area contributed by atoms with Gasteiger partial charge in [-0.2, -0.15) is 0 Å². The molecule has 30 heavy (non-hydrogen) atoms. The highest BCUT2D eigenvalue weighted by molar-refractivity contribution is 5.79. The molecule has 1 N–H and O–H groups in total. The lowest BCUT2D eigenvalue weighted by molar-refractivity contribution is 0.129. The van der Waals surface area contributed by atoms with Gasteiger partial charge in [-0.25, -0.2) is 9.97 Å². The van der Waals surface area contributed by atoms with Crippen molar-refractivity contribution in [2.75, 3.05) is 20.1 Å². The predicted octanol–water partition coefficient (Wildman–Crippen LogP) is 3.19.